The van der Waals surface area contributed by atoms with Crippen LogP contribution in [0.4, 0.5) is 0 Å². The molecule has 0 aromatic rings. The molecule has 0 radical (unpaired) electrons. The summed E-state index contributed by atoms with van der Waals surface area (Å²) in [6.45, 7) is 4.67. The van der Waals surface area contributed by atoms with Crippen molar-refractivity contribution in [2.45, 2.75) is 39.2 Å². The first-order valence-electron chi connectivity index (χ1n) is 5.26. The van der Waals surface area contributed by atoms with Crippen molar-refractivity contribution in [3.8, 4) is 0 Å². The molecule has 0 aliphatic carbocycles. The summed E-state index contributed by atoms with van der Waals surface area (Å²) in [7, 11) is 0. The van der Waals surface area contributed by atoms with Gasteiger partial charge in [-0.15, -0.1) is 0 Å². The lowest BCUT2D eigenvalue weighted by Crippen LogP contribution is -2.43. The second-order valence-electron chi connectivity index (χ2n) is 3.63. The molecule has 0 saturated heterocycles. The Hall–Kier alpha value is -1.10. The molecule has 1 unspecified atom stereocenters. The van der Waals surface area contributed by atoms with Gasteiger partial charge in [-0.25, -0.2) is 0 Å². The number of carbonyl (C=O) groups excluding carboxylic acids is 1. The van der Waals surface area contributed by atoms with Gasteiger partial charge in [0.25, 0.3) is 0 Å². The number of carboxylic acid groups (broad SMARTS) is 1. The molecule has 0 spiro atoms. The molecule has 0 rings (SSSR count). The molecule has 0 aliphatic heterocycles. The first-order valence-corrected chi connectivity index (χ1v) is 5.26. The lowest BCUT2D eigenvalue weighted by atomic mass is 10.0. The summed E-state index contributed by atoms with van der Waals surface area (Å²) >= 11 is 0. The lowest BCUT2D eigenvalue weighted by Gasteiger charge is -2.15. The van der Waals surface area contributed by atoms with E-state index in [1.165, 1.54) is 0 Å². The number of nitrogens with two attached hydrogens (primary N) is 1. The number of carbonyl (C=O) groups is 2. The summed E-state index contributed by atoms with van der Waals surface area (Å²) in [5.74, 6) is -1.00. The van der Waals surface area contributed by atoms with Crippen molar-refractivity contribution in [1.82, 2.24) is 5.32 Å². The maximum atomic E-state index is 11.3. The van der Waals surface area contributed by atoms with Gasteiger partial charge in [0.15, 0.2) is 0 Å². The normalized spacial score (nSPS) is 12.5. The number of amides is 1. The van der Waals surface area contributed by atoms with Crippen molar-refractivity contribution in [3.05, 3.63) is 0 Å². The van der Waals surface area contributed by atoms with Gasteiger partial charge in [-0.2, -0.15) is 0 Å². The Morgan fingerprint density at radius 1 is 1.33 bits per heavy atom. The van der Waals surface area contributed by atoms with Crippen molar-refractivity contribution < 1.29 is 14.7 Å². The summed E-state index contributed by atoms with van der Waals surface area (Å²) < 4.78 is 0. The highest BCUT2D eigenvalue weighted by molar-refractivity contribution is 5.85. The fraction of sp³-hybridized carbons (Fsp3) is 0.800. The van der Waals surface area contributed by atoms with Crippen LogP contribution in [-0.2, 0) is 9.59 Å². The third-order valence-corrected chi connectivity index (χ3v) is 2.45. The van der Waals surface area contributed by atoms with Gasteiger partial charge in [-0.3, -0.25) is 9.59 Å². The quantitative estimate of drug-likeness (QED) is 0.572. The number of hydrogen-bond acceptors (Lipinski definition) is 3. The van der Waals surface area contributed by atoms with E-state index in [0.717, 1.165) is 12.8 Å². The minimum Gasteiger partial charge on any atom is -0.481 e. The minimum atomic E-state index is -1.06. The van der Waals surface area contributed by atoms with Gasteiger partial charge in [-0.1, -0.05) is 26.7 Å². The summed E-state index contributed by atoms with van der Waals surface area (Å²) in [5, 5.41) is 11.1. The first-order chi connectivity index (χ1) is 7.01. The summed E-state index contributed by atoms with van der Waals surface area (Å²) in [5.41, 5.74) is 5.39. The van der Waals surface area contributed by atoms with Gasteiger partial charge >= 0.3 is 5.97 Å². The third kappa shape index (κ3) is 6.06. The molecule has 0 aliphatic rings. The lowest BCUT2D eigenvalue weighted by molar-refractivity contribution is -0.139. The zero-order valence-electron chi connectivity index (χ0n) is 9.32. The fourth-order valence-corrected chi connectivity index (χ4v) is 1.23. The second-order valence-corrected chi connectivity index (χ2v) is 3.63. The molecular weight excluding hydrogens is 196 g/mol. The zero-order valence-corrected chi connectivity index (χ0v) is 9.32. The van der Waals surface area contributed by atoms with Gasteiger partial charge in [0.05, 0.1) is 12.5 Å². The van der Waals surface area contributed by atoms with E-state index in [1.54, 1.807) is 0 Å². The largest absolute Gasteiger partial charge is 0.481 e. The van der Waals surface area contributed by atoms with E-state index in [1.807, 2.05) is 0 Å². The SMILES string of the molecule is CCC(CC)CNC(=O)C(N)CC(=O)O. The second kappa shape index (κ2) is 7.23. The number of hydrogen-bond donors (Lipinski definition) is 3. The molecule has 4 N–H and O–H groups in total. The summed E-state index contributed by atoms with van der Waals surface area (Å²) in [6.07, 6.45) is 1.66. The Morgan fingerprint density at radius 3 is 2.27 bits per heavy atom. The molecule has 1 amide bonds. The van der Waals surface area contributed by atoms with Crippen molar-refractivity contribution in [2.75, 3.05) is 6.54 Å². The molecule has 15 heavy (non-hydrogen) atoms. The topological polar surface area (TPSA) is 92.4 Å². The summed E-state index contributed by atoms with van der Waals surface area (Å²) in [6, 6.07) is -0.947. The molecule has 0 fully saturated rings. The van der Waals surface area contributed by atoms with E-state index in [9.17, 15) is 9.59 Å². The predicted octanol–water partition coefficient (Wildman–Crippen LogP) is 0.341. The fourth-order valence-electron chi connectivity index (χ4n) is 1.23. The van der Waals surface area contributed by atoms with Crippen molar-refractivity contribution in [3.63, 3.8) is 0 Å². The van der Waals surface area contributed by atoms with E-state index in [4.69, 9.17) is 10.8 Å². The molecule has 0 heterocycles. The Balaban J connectivity index is 3.86. The standard InChI is InChI=1S/C10H20N2O3/c1-3-7(4-2)6-12-10(15)8(11)5-9(13)14/h7-8H,3-6,11H2,1-2H3,(H,12,15)(H,13,14). The highest BCUT2D eigenvalue weighted by Gasteiger charge is 2.17. The highest BCUT2D eigenvalue weighted by Crippen LogP contribution is 2.05. The van der Waals surface area contributed by atoms with Crippen molar-refractivity contribution in [2.24, 2.45) is 11.7 Å². The van der Waals surface area contributed by atoms with Crippen LogP contribution in [-0.4, -0.2) is 29.6 Å². The third-order valence-electron chi connectivity index (χ3n) is 2.45. The zero-order chi connectivity index (χ0) is 11.8. The van der Waals surface area contributed by atoms with E-state index in [-0.39, 0.29) is 12.3 Å². The Labute approximate surface area is 90.0 Å². The van der Waals surface area contributed by atoms with Gasteiger partial charge < -0.3 is 16.2 Å². The van der Waals surface area contributed by atoms with Crippen LogP contribution in [0.2, 0.25) is 0 Å². The van der Waals surface area contributed by atoms with Crippen LogP contribution in [0.5, 0.6) is 0 Å². The van der Waals surface area contributed by atoms with Crippen LogP contribution in [0.3, 0.4) is 0 Å². The van der Waals surface area contributed by atoms with E-state index in [0.29, 0.717) is 12.5 Å². The summed E-state index contributed by atoms with van der Waals surface area (Å²) in [4.78, 5) is 21.6. The maximum absolute atomic E-state index is 11.3. The average molecular weight is 216 g/mol. The Morgan fingerprint density at radius 2 is 1.87 bits per heavy atom. The van der Waals surface area contributed by atoms with E-state index >= 15 is 0 Å². The Kier molecular flexibility index (Phi) is 6.70. The van der Waals surface area contributed by atoms with E-state index < -0.39 is 12.0 Å². The number of carboxylic acids is 1. The van der Waals surface area contributed by atoms with Gasteiger partial charge in [0, 0.05) is 6.54 Å². The monoisotopic (exact) mass is 216 g/mol. The molecule has 0 saturated carbocycles. The molecule has 1 atom stereocenters. The van der Waals surface area contributed by atoms with Crippen LogP contribution in [0.15, 0.2) is 0 Å². The number of nitrogens with one attached hydrogen (secondary N) is 1. The van der Waals surface area contributed by atoms with Crippen LogP contribution in [0.1, 0.15) is 33.1 Å². The first kappa shape index (κ1) is 13.9. The van der Waals surface area contributed by atoms with E-state index in [2.05, 4.69) is 19.2 Å². The smallest absolute Gasteiger partial charge is 0.305 e. The molecule has 88 valence electrons. The molecule has 5 heteroatoms. The molecule has 0 aromatic heterocycles. The number of rotatable bonds is 7. The van der Waals surface area contributed by atoms with Crippen LogP contribution in [0, 0.1) is 5.92 Å². The van der Waals surface area contributed by atoms with Crippen LogP contribution < -0.4 is 11.1 Å². The molecule has 5 nitrogen and oxygen atoms in total. The van der Waals surface area contributed by atoms with Crippen LogP contribution >= 0.6 is 0 Å². The Bertz CT molecular complexity index is 215. The maximum Gasteiger partial charge on any atom is 0.305 e. The van der Waals surface area contributed by atoms with Gasteiger partial charge in [0.2, 0.25) is 5.91 Å². The average Bonchev–Trinajstić information content (AvgIpc) is 2.18. The van der Waals surface area contributed by atoms with Crippen molar-refractivity contribution >= 4 is 11.9 Å². The van der Waals surface area contributed by atoms with Gasteiger partial charge in [-0.05, 0) is 5.92 Å². The highest BCUT2D eigenvalue weighted by atomic mass is 16.4. The van der Waals surface area contributed by atoms with Gasteiger partial charge in [0.1, 0.15) is 0 Å². The van der Waals surface area contributed by atoms with Crippen LogP contribution in [0.25, 0.3) is 0 Å². The minimum absolute atomic E-state index is 0.325. The predicted molar refractivity (Wildman–Crippen MR) is 57.3 cm³/mol. The molecule has 0 aromatic carbocycles. The molecule has 0 bridgehead atoms. The molecular formula is C10H20N2O3. The number of aliphatic carboxylic acids is 1. The van der Waals surface area contributed by atoms with Crippen molar-refractivity contribution in [1.29, 1.82) is 0 Å².